The number of rotatable bonds is 16. The second-order valence-electron chi connectivity index (χ2n) is 16.0. The average molecular weight is 1420 g/mol. The number of aryl methyl sites for hydroxylation is 4. The van der Waals surface area contributed by atoms with Gasteiger partial charge in [0.25, 0.3) is 0 Å². The molecule has 4 rings (SSSR count). The molecule has 54 heavy (non-hydrogen) atoms. The molecule has 306 valence electrons. The quantitative estimate of drug-likeness (QED) is 0.0687. The van der Waals surface area contributed by atoms with Gasteiger partial charge in [-0.1, -0.05) is 155 Å². The van der Waals surface area contributed by atoms with E-state index in [0.29, 0.717) is 13.3 Å². The number of unbranched alkanes of at least 4 members (excludes halogenated alkanes) is 10. The number of benzene rings is 2. The molecule has 0 N–H and O–H groups in total. The summed E-state index contributed by atoms with van der Waals surface area (Å²) in [6.45, 7) is 20.1. The van der Waals surface area contributed by atoms with Gasteiger partial charge in [-0.15, -0.1) is 18.7 Å². The molecule has 0 aliphatic rings. The SMILES string of the molecule is CCCCCCCCn1n[n+](C)c(-c2ccc(C(C)(C)C)cc2)c1I.CCCCCCCCn1n[n+](C)c(-c2ccc(C(C)(C)C)cc2)c1I.I[I-]I.[I-]. The van der Waals surface area contributed by atoms with Crippen LogP contribution in [0.4, 0.5) is 0 Å². The smallest absolute Gasteiger partial charge is 1.00 e. The van der Waals surface area contributed by atoms with Crippen LogP contribution in [0.15, 0.2) is 48.5 Å². The molecule has 0 spiro atoms. The van der Waals surface area contributed by atoms with Crippen LogP contribution in [0.1, 0.15) is 144 Å². The molecule has 0 amide bonds. The van der Waals surface area contributed by atoms with Gasteiger partial charge < -0.3 is 24.0 Å². The Hall–Kier alpha value is 1.10. The number of hydrogen-bond acceptors (Lipinski definition) is 2. The minimum absolute atomic E-state index is 0. The number of nitrogens with zero attached hydrogens (tertiary/aromatic N) is 6. The van der Waals surface area contributed by atoms with Gasteiger partial charge in [0, 0.05) is 56.3 Å². The Morgan fingerprint density at radius 3 is 1.09 bits per heavy atom. The maximum Gasteiger partial charge on any atom is -1.00 e. The Labute approximate surface area is 403 Å². The Kier molecular flexibility index (Phi) is 27.3. The maximum atomic E-state index is 4.72. The molecule has 0 fully saturated rings. The molecular formula is C42H66I6N6. The van der Waals surface area contributed by atoms with Gasteiger partial charge in [-0.25, -0.2) is 0 Å². The van der Waals surface area contributed by atoms with Crippen molar-refractivity contribution in [1.82, 2.24) is 19.8 Å². The van der Waals surface area contributed by atoms with Crippen molar-refractivity contribution in [2.45, 2.75) is 156 Å². The molecule has 0 atom stereocenters. The third kappa shape index (κ3) is 18.2. The molecule has 0 aliphatic heterocycles. The molecule has 0 bridgehead atoms. The Bertz CT molecular complexity index is 1480. The minimum atomic E-state index is 0. The van der Waals surface area contributed by atoms with Crippen LogP contribution in [0.2, 0.25) is 0 Å². The summed E-state index contributed by atoms with van der Waals surface area (Å²) in [7, 11) is 4.10. The fraction of sp³-hybridized carbons (Fsp3) is 0.619. The Balaban J connectivity index is 0.000000495. The summed E-state index contributed by atoms with van der Waals surface area (Å²) in [5, 5.41) is 9.44. The summed E-state index contributed by atoms with van der Waals surface area (Å²) < 4.78 is 10.8. The second-order valence-corrected chi connectivity index (χ2v) is 34.3. The molecular weight excluding hydrogens is 1350 g/mol. The molecule has 0 saturated heterocycles. The monoisotopic (exact) mass is 1420 g/mol. The van der Waals surface area contributed by atoms with Crippen molar-refractivity contribution >= 4 is 82.4 Å². The van der Waals surface area contributed by atoms with Crippen LogP contribution >= 0.6 is 82.4 Å². The first-order valence-corrected chi connectivity index (χ1v) is 34.2. The van der Waals surface area contributed by atoms with Crippen molar-refractivity contribution in [3.05, 3.63) is 67.1 Å². The molecule has 2 aromatic carbocycles. The maximum absolute atomic E-state index is 4.72. The molecule has 0 radical (unpaired) electrons. The molecule has 0 unspecified atom stereocenters. The molecule has 2 heterocycles. The van der Waals surface area contributed by atoms with Gasteiger partial charge >= 0.3 is 50.5 Å². The van der Waals surface area contributed by atoms with E-state index in [-0.39, 0.29) is 34.8 Å². The van der Waals surface area contributed by atoms with E-state index in [4.69, 9.17) is 10.4 Å². The van der Waals surface area contributed by atoms with Crippen LogP contribution in [0.3, 0.4) is 0 Å². The largest absolute Gasteiger partial charge is 1.00 e. The van der Waals surface area contributed by atoms with E-state index in [0.717, 1.165) is 13.1 Å². The predicted octanol–water partition coefficient (Wildman–Crippen LogP) is 7.05. The molecule has 0 aliphatic carbocycles. The molecule has 4 aromatic rings. The molecule has 12 heteroatoms. The van der Waals surface area contributed by atoms with Crippen LogP contribution in [0, 0.1) is 7.40 Å². The van der Waals surface area contributed by atoms with E-state index in [9.17, 15) is 0 Å². The van der Waals surface area contributed by atoms with Crippen LogP contribution in [-0.4, -0.2) is 19.8 Å². The number of hydrogen-bond donors (Lipinski definition) is 0. The van der Waals surface area contributed by atoms with Crippen LogP contribution in [-0.2, 0) is 38.0 Å². The minimum Gasteiger partial charge on any atom is -1.00 e. The summed E-state index contributed by atoms with van der Waals surface area (Å²) in [5.41, 5.74) is 8.04. The first-order chi connectivity index (χ1) is 25.1. The van der Waals surface area contributed by atoms with Gasteiger partial charge in [0.05, 0.1) is 10.4 Å². The van der Waals surface area contributed by atoms with E-state index in [1.165, 1.54) is 118 Å². The van der Waals surface area contributed by atoms with E-state index in [1.807, 2.05) is 23.5 Å². The van der Waals surface area contributed by atoms with E-state index < -0.39 is 0 Å². The van der Waals surface area contributed by atoms with Crippen LogP contribution in [0.25, 0.3) is 22.5 Å². The van der Waals surface area contributed by atoms with Crippen molar-refractivity contribution in [3.8, 4) is 22.5 Å². The first-order valence-electron chi connectivity index (χ1n) is 19.4. The van der Waals surface area contributed by atoms with Gasteiger partial charge in [0.2, 0.25) is 18.8 Å². The van der Waals surface area contributed by atoms with Crippen molar-refractivity contribution < 1.29 is 46.6 Å². The summed E-state index contributed by atoms with van der Waals surface area (Å²) in [6, 6.07) is 17.9. The van der Waals surface area contributed by atoms with Gasteiger partial charge in [-0.05, 0) is 47.6 Å². The van der Waals surface area contributed by atoms with Crippen molar-refractivity contribution in [2.75, 3.05) is 0 Å². The zero-order valence-corrected chi connectivity index (χ0v) is 47.4. The van der Waals surface area contributed by atoms with E-state index >= 15 is 0 Å². The summed E-state index contributed by atoms with van der Waals surface area (Å²) >= 11 is 10.2. The standard InChI is InChI=1S/2C21H33IN3.I3.HI/c2*1-6-7-8-9-10-11-16-25-20(22)19(24(5)23-25)17-12-14-18(15-13-17)21(2,3)4;1-3-2;/h2*12-15H,6-11,16H2,1-5H3;;1H/q2*+1;-1;/p-1. The van der Waals surface area contributed by atoms with E-state index in [1.54, 1.807) is 0 Å². The Morgan fingerprint density at radius 2 is 0.815 bits per heavy atom. The van der Waals surface area contributed by atoms with Crippen LogP contribution in [0.5, 0.6) is 0 Å². The molecule has 6 nitrogen and oxygen atoms in total. The number of aromatic nitrogens is 6. The van der Waals surface area contributed by atoms with Crippen molar-refractivity contribution in [3.63, 3.8) is 0 Å². The fourth-order valence-electron chi connectivity index (χ4n) is 6.24. The molecule has 2 aromatic heterocycles. The normalized spacial score (nSPS) is 11.4. The van der Waals surface area contributed by atoms with Gasteiger partial charge in [0.15, 0.2) is 0 Å². The zero-order chi connectivity index (χ0) is 39.6. The number of halogens is 6. The fourth-order valence-corrected chi connectivity index (χ4v) is 8.24. The Morgan fingerprint density at radius 1 is 0.537 bits per heavy atom. The van der Waals surface area contributed by atoms with Crippen molar-refractivity contribution in [2.24, 2.45) is 14.1 Å². The van der Waals surface area contributed by atoms with Gasteiger partial charge in [0.1, 0.15) is 27.2 Å². The van der Waals surface area contributed by atoms with Crippen molar-refractivity contribution in [1.29, 1.82) is 0 Å². The van der Waals surface area contributed by atoms with Gasteiger partial charge in [-0.2, -0.15) is 0 Å². The van der Waals surface area contributed by atoms with Crippen LogP contribution < -0.4 is 46.6 Å². The topological polar surface area (TPSA) is 43.4 Å². The first kappa shape index (κ1) is 53.1. The second kappa shape index (κ2) is 27.8. The average Bonchev–Trinajstić information content (AvgIpc) is 3.55. The summed E-state index contributed by atoms with van der Waals surface area (Å²) in [4.78, 5) is 0. The molecule has 0 saturated carbocycles. The summed E-state index contributed by atoms with van der Waals surface area (Å²) in [5.74, 6) is 0. The predicted molar refractivity (Wildman–Crippen MR) is 255 cm³/mol. The third-order valence-electron chi connectivity index (χ3n) is 9.47. The summed E-state index contributed by atoms with van der Waals surface area (Å²) in [6.07, 6.45) is 15.8. The van der Waals surface area contributed by atoms with E-state index in [2.05, 4.69) is 196 Å². The zero-order valence-electron chi connectivity index (χ0n) is 34.5. The van der Waals surface area contributed by atoms with Gasteiger partial charge in [-0.3, -0.25) is 0 Å². The third-order valence-corrected chi connectivity index (χ3v) is 11.6.